The van der Waals surface area contributed by atoms with Crippen molar-refractivity contribution in [2.45, 2.75) is 19.4 Å². The van der Waals surface area contributed by atoms with Crippen molar-refractivity contribution in [3.8, 4) is 0 Å². The third-order valence-corrected chi connectivity index (χ3v) is 2.08. The van der Waals surface area contributed by atoms with E-state index in [0.29, 0.717) is 24.9 Å². The molecule has 0 fully saturated rings. The van der Waals surface area contributed by atoms with Gasteiger partial charge in [0.25, 0.3) is 0 Å². The second-order valence-corrected chi connectivity index (χ2v) is 3.42. The first-order valence-electron chi connectivity index (χ1n) is 5.04. The van der Waals surface area contributed by atoms with Gasteiger partial charge in [0.15, 0.2) is 11.6 Å². The summed E-state index contributed by atoms with van der Waals surface area (Å²) in [4.78, 5) is 11.2. The molecule has 0 aromatic heterocycles. The second-order valence-electron chi connectivity index (χ2n) is 3.42. The number of hydrogen-bond donors (Lipinski definition) is 2. The first kappa shape index (κ1) is 12.6. The Morgan fingerprint density at radius 1 is 1.31 bits per heavy atom. The fraction of sp³-hybridized carbons (Fsp3) is 0.364. The molecule has 0 spiro atoms. The van der Waals surface area contributed by atoms with Gasteiger partial charge in [0.1, 0.15) is 0 Å². The minimum Gasteiger partial charge on any atom is -0.352 e. The van der Waals surface area contributed by atoms with E-state index in [1.54, 1.807) is 0 Å². The first-order chi connectivity index (χ1) is 7.63. The van der Waals surface area contributed by atoms with Crippen molar-refractivity contribution in [3.63, 3.8) is 0 Å². The van der Waals surface area contributed by atoms with Crippen LogP contribution in [0.15, 0.2) is 18.2 Å². The molecule has 0 aliphatic rings. The lowest BCUT2D eigenvalue weighted by Crippen LogP contribution is -2.23. The van der Waals surface area contributed by atoms with Gasteiger partial charge in [0.2, 0.25) is 5.91 Å². The zero-order chi connectivity index (χ0) is 12.0. The molecular weight excluding hydrogens is 214 g/mol. The van der Waals surface area contributed by atoms with E-state index >= 15 is 0 Å². The second kappa shape index (κ2) is 6.17. The summed E-state index contributed by atoms with van der Waals surface area (Å²) < 4.78 is 25.4. The molecule has 5 heteroatoms. The van der Waals surface area contributed by atoms with Crippen molar-refractivity contribution >= 4 is 5.91 Å². The summed E-state index contributed by atoms with van der Waals surface area (Å²) >= 11 is 0. The predicted octanol–water partition coefficient (Wildman–Crippen LogP) is 1.32. The monoisotopic (exact) mass is 228 g/mol. The van der Waals surface area contributed by atoms with E-state index in [0.717, 1.165) is 12.1 Å². The normalized spacial score (nSPS) is 10.2. The summed E-state index contributed by atoms with van der Waals surface area (Å²) in [5, 5.41) is 2.60. The number of nitrogens with one attached hydrogen (secondary N) is 1. The molecule has 0 atom stereocenters. The fourth-order valence-electron chi connectivity index (χ4n) is 1.20. The number of carbonyl (C=O) groups is 1. The molecule has 3 nitrogen and oxygen atoms in total. The molecule has 88 valence electrons. The van der Waals surface area contributed by atoms with Crippen LogP contribution in [0, 0.1) is 11.6 Å². The highest BCUT2D eigenvalue weighted by Crippen LogP contribution is 2.08. The standard InChI is InChI=1S/C11H14F2N2O/c12-9-4-3-8(6-10(9)13)7-15-11(16)2-1-5-14/h3-4,6H,1-2,5,7,14H2,(H,15,16). The third kappa shape index (κ3) is 3.94. The topological polar surface area (TPSA) is 55.1 Å². The van der Waals surface area contributed by atoms with Gasteiger partial charge in [-0.2, -0.15) is 0 Å². The molecule has 3 N–H and O–H groups in total. The molecule has 16 heavy (non-hydrogen) atoms. The Morgan fingerprint density at radius 3 is 2.69 bits per heavy atom. The summed E-state index contributed by atoms with van der Waals surface area (Å²) in [6, 6.07) is 3.54. The molecule has 0 aliphatic carbocycles. The maximum atomic E-state index is 12.8. The van der Waals surface area contributed by atoms with Crippen molar-refractivity contribution in [3.05, 3.63) is 35.4 Å². The largest absolute Gasteiger partial charge is 0.352 e. The molecule has 1 amide bonds. The van der Waals surface area contributed by atoms with Gasteiger partial charge in [-0.3, -0.25) is 4.79 Å². The zero-order valence-electron chi connectivity index (χ0n) is 8.80. The van der Waals surface area contributed by atoms with Gasteiger partial charge < -0.3 is 11.1 Å². The van der Waals surface area contributed by atoms with Gasteiger partial charge in [0, 0.05) is 13.0 Å². The predicted molar refractivity (Wildman–Crippen MR) is 56.5 cm³/mol. The molecule has 1 rings (SSSR count). The Balaban J connectivity index is 2.42. The quantitative estimate of drug-likeness (QED) is 0.798. The lowest BCUT2D eigenvalue weighted by atomic mass is 10.2. The van der Waals surface area contributed by atoms with Gasteiger partial charge >= 0.3 is 0 Å². The van der Waals surface area contributed by atoms with Crippen molar-refractivity contribution in [1.29, 1.82) is 0 Å². The zero-order valence-corrected chi connectivity index (χ0v) is 8.80. The Morgan fingerprint density at radius 2 is 2.06 bits per heavy atom. The van der Waals surface area contributed by atoms with Crippen molar-refractivity contribution in [2.24, 2.45) is 5.73 Å². The summed E-state index contributed by atoms with van der Waals surface area (Å²) in [5.41, 5.74) is 5.78. The lowest BCUT2D eigenvalue weighted by molar-refractivity contribution is -0.121. The van der Waals surface area contributed by atoms with Crippen LogP contribution in [0.4, 0.5) is 8.78 Å². The minimum absolute atomic E-state index is 0.143. The van der Waals surface area contributed by atoms with Crippen molar-refractivity contribution in [2.75, 3.05) is 6.54 Å². The minimum atomic E-state index is -0.909. The Bertz CT molecular complexity index is 369. The Kier molecular flexibility index (Phi) is 4.85. The number of hydrogen-bond acceptors (Lipinski definition) is 2. The smallest absolute Gasteiger partial charge is 0.220 e. The highest BCUT2D eigenvalue weighted by Gasteiger charge is 2.04. The molecule has 0 saturated heterocycles. The molecule has 0 heterocycles. The van der Waals surface area contributed by atoms with Crippen LogP contribution in [0.1, 0.15) is 18.4 Å². The highest BCUT2D eigenvalue weighted by molar-refractivity contribution is 5.75. The number of halogens is 2. The van der Waals surface area contributed by atoms with Crippen LogP contribution in [0.5, 0.6) is 0 Å². The van der Waals surface area contributed by atoms with Crippen LogP contribution in [0.2, 0.25) is 0 Å². The van der Waals surface area contributed by atoms with Crippen LogP contribution < -0.4 is 11.1 Å². The van der Waals surface area contributed by atoms with Gasteiger partial charge in [-0.15, -0.1) is 0 Å². The van der Waals surface area contributed by atoms with E-state index in [2.05, 4.69) is 5.32 Å². The molecule has 0 unspecified atom stereocenters. The fourth-order valence-corrected chi connectivity index (χ4v) is 1.20. The number of benzene rings is 1. The summed E-state index contributed by atoms with van der Waals surface area (Å²) in [6.45, 7) is 0.652. The van der Waals surface area contributed by atoms with Crippen LogP contribution >= 0.6 is 0 Å². The van der Waals surface area contributed by atoms with Crippen LogP contribution in [0.25, 0.3) is 0 Å². The maximum Gasteiger partial charge on any atom is 0.220 e. The Hall–Kier alpha value is -1.49. The van der Waals surface area contributed by atoms with E-state index in [1.165, 1.54) is 6.07 Å². The number of carbonyl (C=O) groups excluding carboxylic acids is 1. The summed E-state index contributed by atoms with van der Waals surface area (Å²) in [5.74, 6) is -1.94. The maximum absolute atomic E-state index is 12.8. The van der Waals surface area contributed by atoms with Gasteiger partial charge in [-0.05, 0) is 30.7 Å². The highest BCUT2D eigenvalue weighted by atomic mass is 19.2. The van der Waals surface area contributed by atoms with E-state index in [1.807, 2.05) is 0 Å². The molecule has 1 aromatic rings. The van der Waals surface area contributed by atoms with Crippen molar-refractivity contribution in [1.82, 2.24) is 5.32 Å². The number of nitrogens with two attached hydrogens (primary N) is 1. The van der Waals surface area contributed by atoms with Gasteiger partial charge in [0.05, 0.1) is 0 Å². The lowest BCUT2D eigenvalue weighted by Gasteiger charge is -2.05. The summed E-state index contributed by atoms with van der Waals surface area (Å²) in [6.07, 6.45) is 0.962. The average Bonchev–Trinajstić information content (AvgIpc) is 2.28. The van der Waals surface area contributed by atoms with Crippen LogP contribution in [-0.2, 0) is 11.3 Å². The number of amides is 1. The molecule has 0 saturated carbocycles. The third-order valence-electron chi connectivity index (χ3n) is 2.08. The molecule has 1 aromatic carbocycles. The average molecular weight is 228 g/mol. The van der Waals surface area contributed by atoms with E-state index in [4.69, 9.17) is 5.73 Å². The molecule has 0 aliphatic heterocycles. The first-order valence-corrected chi connectivity index (χ1v) is 5.04. The molecular formula is C11H14F2N2O. The molecule has 0 radical (unpaired) electrons. The van der Waals surface area contributed by atoms with Crippen LogP contribution in [-0.4, -0.2) is 12.5 Å². The summed E-state index contributed by atoms with van der Waals surface area (Å²) in [7, 11) is 0. The Labute approximate surface area is 92.6 Å². The van der Waals surface area contributed by atoms with E-state index in [9.17, 15) is 13.6 Å². The molecule has 0 bridgehead atoms. The van der Waals surface area contributed by atoms with Gasteiger partial charge in [-0.25, -0.2) is 8.78 Å². The van der Waals surface area contributed by atoms with Gasteiger partial charge in [-0.1, -0.05) is 6.07 Å². The number of rotatable bonds is 5. The van der Waals surface area contributed by atoms with Crippen molar-refractivity contribution < 1.29 is 13.6 Å². The van der Waals surface area contributed by atoms with Crippen LogP contribution in [0.3, 0.4) is 0 Å². The van der Waals surface area contributed by atoms with E-state index < -0.39 is 11.6 Å². The SMILES string of the molecule is NCCCC(=O)NCc1ccc(F)c(F)c1. The van der Waals surface area contributed by atoms with E-state index in [-0.39, 0.29) is 12.5 Å².